The fourth-order valence-corrected chi connectivity index (χ4v) is 1.94. The highest BCUT2D eigenvalue weighted by molar-refractivity contribution is 9.10. The molecule has 4 heteroatoms. The average molecular weight is 260 g/mol. The molecule has 0 fully saturated rings. The number of rotatable bonds is 3. The van der Waals surface area contributed by atoms with Crippen LogP contribution >= 0.6 is 15.9 Å². The van der Waals surface area contributed by atoms with Crippen LogP contribution in [0, 0.1) is 6.92 Å². The van der Waals surface area contributed by atoms with Crippen LogP contribution in [0.25, 0.3) is 0 Å². The highest BCUT2D eigenvalue weighted by atomic mass is 79.9. The lowest BCUT2D eigenvalue weighted by Gasteiger charge is -2.17. The van der Waals surface area contributed by atoms with E-state index >= 15 is 0 Å². The number of hydrogen-bond acceptors (Lipinski definition) is 3. The number of benzene rings is 1. The van der Waals surface area contributed by atoms with Gasteiger partial charge in [0.15, 0.2) is 0 Å². The molecule has 1 aromatic rings. The molecule has 78 valence electrons. The van der Waals surface area contributed by atoms with Crippen molar-refractivity contribution in [1.29, 1.82) is 0 Å². The molecule has 4 N–H and O–H groups in total. The maximum Gasteiger partial charge on any atom is 0.107 e. The second kappa shape index (κ2) is 4.89. The molecule has 0 aliphatic rings. The summed E-state index contributed by atoms with van der Waals surface area (Å²) >= 11 is 3.33. The Bertz CT molecular complexity index is 317. The summed E-state index contributed by atoms with van der Waals surface area (Å²) < 4.78 is 0.789. The van der Waals surface area contributed by atoms with Gasteiger partial charge >= 0.3 is 0 Å². The number of hydrogen-bond donors (Lipinski definition) is 3. The third-order valence-corrected chi connectivity index (χ3v) is 2.77. The second-order valence-corrected chi connectivity index (χ2v) is 4.13. The fourth-order valence-electron chi connectivity index (χ4n) is 1.21. The largest absolute Gasteiger partial charge is 0.389 e. The molecule has 0 amide bonds. The van der Waals surface area contributed by atoms with E-state index in [-0.39, 0.29) is 6.54 Å². The molecule has 0 aliphatic heterocycles. The van der Waals surface area contributed by atoms with E-state index in [1.807, 2.05) is 19.1 Å². The van der Waals surface area contributed by atoms with Crippen LogP contribution in [0.4, 0.5) is 0 Å². The van der Waals surface area contributed by atoms with Gasteiger partial charge in [-0.25, -0.2) is 0 Å². The molecule has 1 aromatic carbocycles. The lowest BCUT2D eigenvalue weighted by Crippen LogP contribution is -2.27. The Morgan fingerprint density at radius 1 is 1.43 bits per heavy atom. The molecule has 1 rings (SSSR count). The molecule has 0 aliphatic carbocycles. The fraction of sp³-hybridized carbons (Fsp3) is 0.400. The van der Waals surface area contributed by atoms with Crippen LogP contribution in [0.3, 0.4) is 0 Å². The lowest BCUT2D eigenvalue weighted by molar-refractivity contribution is 0.0239. The van der Waals surface area contributed by atoms with E-state index in [1.165, 1.54) is 0 Å². The number of aliphatic hydroxyl groups excluding tert-OH is 2. The van der Waals surface area contributed by atoms with Crippen LogP contribution in [0.2, 0.25) is 0 Å². The van der Waals surface area contributed by atoms with Crippen molar-refractivity contribution in [3.8, 4) is 0 Å². The summed E-state index contributed by atoms with van der Waals surface area (Å²) in [4.78, 5) is 0. The highest BCUT2D eigenvalue weighted by Gasteiger charge is 2.18. The Labute approximate surface area is 91.7 Å². The van der Waals surface area contributed by atoms with Crippen LogP contribution in [-0.4, -0.2) is 22.9 Å². The molecule has 2 unspecified atom stereocenters. The lowest BCUT2D eigenvalue weighted by atomic mass is 10.0. The third-order valence-electron chi connectivity index (χ3n) is 2.08. The van der Waals surface area contributed by atoms with Gasteiger partial charge in [-0.3, -0.25) is 0 Å². The van der Waals surface area contributed by atoms with Gasteiger partial charge in [-0.2, -0.15) is 0 Å². The van der Waals surface area contributed by atoms with Crippen molar-refractivity contribution in [3.63, 3.8) is 0 Å². The molecule has 0 spiro atoms. The smallest absolute Gasteiger partial charge is 0.107 e. The number of halogens is 1. The van der Waals surface area contributed by atoms with E-state index in [1.54, 1.807) is 6.07 Å². The Kier molecular flexibility index (Phi) is 4.07. The number of nitrogens with two attached hydrogens (primary N) is 1. The quantitative estimate of drug-likeness (QED) is 0.762. The van der Waals surface area contributed by atoms with Gasteiger partial charge in [-0.05, 0) is 24.1 Å². The molecule has 14 heavy (non-hydrogen) atoms. The highest BCUT2D eigenvalue weighted by Crippen LogP contribution is 2.26. The van der Waals surface area contributed by atoms with Crippen molar-refractivity contribution in [3.05, 3.63) is 33.8 Å². The van der Waals surface area contributed by atoms with Crippen molar-refractivity contribution in [2.45, 2.75) is 19.1 Å². The summed E-state index contributed by atoms with van der Waals surface area (Å²) in [7, 11) is 0. The van der Waals surface area contributed by atoms with Gasteiger partial charge in [0.1, 0.15) is 6.10 Å². The molecule has 0 aromatic heterocycles. The summed E-state index contributed by atoms with van der Waals surface area (Å²) in [6.07, 6.45) is -1.86. The molecule has 0 radical (unpaired) electrons. The van der Waals surface area contributed by atoms with Gasteiger partial charge in [-0.15, -0.1) is 0 Å². The summed E-state index contributed by atoms with van der Waals surface area (Å²) in [5, 5.41) is 19.1. The standard InChI is InChI=1S/C10H14BrNO2/c1-6-2-3-7(8(11)4-6)10(14)9(13)5-12/h2-4,9-10,13-14H,5,12H2,1H3. The monoisotopic (exact) mass is 259 g/mol. The first kappa shape index (κ1) is 11.7. The van der Waals surface area contributed by atoms with E-state index < -0.39 is 12.2 Å². The summed E-state index contributed by atoms with van der Waals surface area (Å²) in [5.41, 5.74) is 7.02. The molecular formula is C10H14BrNO2. The van der Waals surface area contributed by atoms with E-state index in [0.717, 1.165) is 10.0 Å². The van der Waals surface area contributed by atoms with Crippen LogP contribution in [0.15, 0.2) is 22.7 Å². The molecule has 0 heterocycles. The Morgan fingerprint density at radius 2 is 2.07 bits per heavy atom. The zero-order valence-corrected chi connectivity index (χ0v) is 9.53. The summed E-state index contributed by atoms with van der Waals surface area (Å²) in [6, 6.07) is 5.55. The van der Waals surface area contributed by atoms with Gasteiger partial charge in [0, 0.05) is 11.0 Å². The van der Waals surface area contributed by atoms with Crippen molar-refractivity contribution >= 4 is 15.9 Å². The van der Waals surface area contributed by atoms with Gasteiger partial charge in [0.05, 0.1) is 6.10 Å². The SMILES string of the molecule is Cc1ccc(C(O)C(O)CN)c(Br)c1. The van der Waals surface area contributed by atoms with E-state index in [0.29, 0.717) is 5.56 Å². The van der Waals surface area contributed by atoms with Gasteiger partial charge in [-0.1, -0.05) is 28.1 Å². The predicted molar refractivity (Wildman–Crippen MR) is 58.9 cm³/mol. The molecule has 0 saturated carbocycles. The average Bonchev–Trinajstić information content (AvgIpc) is 2.15. The minimum atomic E-state index is -0.935. The zero-order valence-electron chi connectivity index (χ0n) is 7.94. The van der Waals surface area contributed by atoms with Gasteiger partial charge in [0.25, 0.3) is 0 Å². The molecule has 2 atom stereocenters. The van der Waals surface area contributed by atoms with Crippen molar-refractivity contribution in [2.75, 3.05) is 6.54 Å². The third kappa shape index (κ3) is 2.54. The molecule has 3 nitrogen and oxygen atoms in total. The van der Waals surface area contributed by atoms with Gasteiger partial charge < -0.3 is 15.9 Å². The number of aliphatic hydroxyl groups is 2. The normalized spacial score (nSPS) is 15.2. The topological polar surface area (TPSA) is 66.5 Å². The van der Waals surface area contributed by atoms with Gasteiger partial charge in [0.2, 0.25) is 0 Å². The Hall–Kier alpha value is -0.420. The van der Waals surface area contributed by atoms with Crippen molar-refractivity contribution in [2.24, 2.45) is 5.73 Å². The minimum Gasteiger partial charge on any atom is -0.389 e. The van der Waals surface area contributed by atoms with E-state index in [2.05, 4.69) is 15.9 Å². The molecule has 0 saturated heterocycles. The predicted octanol–water partition coefficient (Wildman–Crippen LogP) is 1.11. The van der Waals surface area contributed by atoms with Crippen LogP contribution < -0.4 is 5.73 Å². The Balaban J connectivity index is 2.95. The first-order valence-corrected chi connectivity index (χ1v) is 5.17. The molecule has 0 bridgehead atoms. The van der Waals surface area contributed by atoms with E-state index in [9.17, 15) is 10.2 Å². The minimum absolute atomic E-state index is 0.0431. The van der Waals surface area contributed by atoms with Crippen LogP contribution in [0.1, 0.15) is 17.2 Å². The Morgan fingerprint density at radius 3 is 2.57 bits per heavy atom. The summed E-state index contributed by atoms with van der Waals surface area (Å²) in [5.74, 6) is 0. The first-order chi connectivity index (χ1) is 6.56. The maximum absolute atomic E-state index is 9.70. The van der Waals surface area contributed by atoms with Crippen LogP contribution in [0.5, 0.6) is 0 Å². The molecular weight excluding hydrogens is 246 g/mol. The van der Waals surface area contributed by atoms with Crippen LogP contribution in [-0.2, 0) is 0 Å². The van der Waals surface area contributed by atoms with Crippen molar-refractivity contribution < 1.29 is 10.2 Å². The zero-order chi connectivity index (χ0) is 10.7. The summed E-state index contributed by atoms with van der Waals surface area (Å²) in [6.45, 7) is 2.00. The van der Waals surface area contributed by atoms with E-state index in [4.69, 9.17) is 5.73 Å². The van der Waals surface area contributed by atoms with Crippen molar-refractivity contribution in [1.82, 2.24) is 0 Å². The second-order valence-electron chi connectivity index (χ2n) is 3.27. The first-order valence-electron chi connectivity index (χ1n) is 4.38. The maximum atomic E-state index is 9.70. The number of aryl methyl sites for hydroxylation is 1.